The number of aromatic hydroxyl groups is 2. The Morgan fingerprint density at radius 2 is 1.74 bits per heavy atom. The van der Waals surface area contributed by atoms with Gasteiger partial charge in [-0.25, -0.2) is 9.69 Å². The molecule has 2 aliphatic carbocycles. The number of ether oxygens (including phenoxy) is 1. The number of amides is 4. The third-order valence-corrected chi connectivity index (χ3v) is 10.9. The van der Waals surface area contributed by atoms with Crippen LogP contribution in [-0.4, -0.2) is 72.1 Å². The first kappa shape index (κ1) is 29.5. The van der Waals surface area contributed by atoms with Crippen molar-refractivity contribution in [2.45, 2.75) is 28.5 Å². The molecule has 224 valence electrons. The molecule has 2 heterocycles. The molecule has 2 aromatic rings. The van der Waals surface area contributed by atoms with Gasteiger partial charge < -0.3 is 20.1 Å². The fourth-order valence-electron chi connectivity index (χ4n) is 7.11. The lowest BCUT2D eigenvalue weighted by Gasteiger charge is -2.50. The van der Waals surface area contributed by atoms with Crippen molar-refractivity contribution in [2.24, 2.45) is 17.8 Å². The highest BCUT2D eigenvalue weighted by Crippen LogP contribution is 2.65. The Bertz CT molecular complexity index is 1680. The van der Waals surface area contributed by atoms with Crippen LogP contribution in [0, 0.1) is 17.8 Å². The number of nitrogens with zero attached hydrogens (tertiary/aromatic N) is 2. The number of carbonyl (C=O) groups excluding carboxylic acids is 4. The molecule has 0 bridgehead atoms. The van der Waals surface area contributed by atoms with Gasteiger partial charge in [0, 0.05) is 12.0 Å². The molecule has 0 radical (unpaired) electrons. The van der Waals surface area contributed by atoms with Gasteiger partial charge in [-0.2, -0.15) is 0 Å². The molecule has 11 nitrogen and oxygen atoms in total. The summed E-state index contributed by atoms with van der Waals surface area (Å²) in [6.07, 6.45) is 1.61. The first-order valence-electron chi connectivity index (χ1n) is 13.1. The molecule has 14 heteroatoms. The molecule has 4 amide bonds. The zero-order valence-electron chi connectivity index (χ0n) is 22.3. The zero-order valence-corrected chi connectivity index (χ0v) is 25.4. The van der Waals surface area contributed by atoms with E-state index in [0.29, 0.717) is 11.1 Å². The first-order valence-corrected chi connectivity index (χ1v) is 15.0. The minimum absolute atomic E-state index is 0.00857. The molecule has 0 aromatic heterocycles. The summed E-state index contributed by atoms with van der Waals surface area (Å²) in [5, 5.41) is 30.1. The minimum atomic E-state index is -2.03. The highest BCUT2D eigenvalue weighted by Gasteiger charge is 2.76. The summed E-state index contributed by atoms with van der Waals surface area (Å²) in [6, 6.07) is 7.84. The Morgan fingerprint density at radius 3 is 2.35 bits per heavy atom. The summed E-state index contributed by atoms with van der Waals surface area (Å²) in [5.74, 6) is -8.48. The van der Waals surface area contributed by atoms with Crippen LogP contribution in [-0.2, 0) is 19.2 Å². The van der Waals surface area contributed by atoms with E-state index >= 15 is 0 Å². The highest BCUT2D eigenvalue weighted by molar-refractivity contribution is 9.09. The molecular weight excluding hydrogens is 671 g/mol. The fourth-order valence-corrected chi connectivity index (χ4v) is 8.53. The summed E-state index contributed by atoms with van der Waals surface area (Å²) in [6.45, 7) is 0. The van der Waals surface area contributed by atoms with Gasteiger partial charge in [-0.3, -0.25) is 24.1 Å². The van der Waals surface area contributed by atoms with E-state index in [9.17, 15) is 39.3 Å². The number of methoxy groups -OCH3 is 1. The van der Waals surface area contributed by atoms with Crippen LogP contribution in [0.1, 0.15) is 34.7 Å². The van der Waals surface area contributed by atoms with Crippen LogP contribution in [0.4, 0.5) is 5.69 Å². The van der Waals surface area contributed by atoms with Gasteiger partial charge in [-0.1, -0.05) is 33.6 Å². The second-order valence-corrected chi connectivity index (χ2v) is 12.7. The predicted molar refractivity (Wildman–Crippen MR) is 156 cm³/mol. The molecule has 4 aliphatic rings. The number of hydrogen-bond acceptors (Lipinski definition) is 8. The maximum Gasteiger partial charge on any atom is 0.339 e. The Hall–Kier alpha value is -3.61. The first-order chi connectivity index (χ1) is 20.3. The Labute approximate surface area is 262 Å². The van der Waals surface area contributed by atoms with Crippen LogP contribution in [0.25, 0.3) is 0 Å². The quantitative estimate of drug-likeness (QED) is 0.183. The average Bonchev–Trinajstić information content (AvgIpc) is 3.30. The normalized spacial score (nSPS) is 31.5. The summed E-state index contributed by atoms with van der Waals surface area (Å²) < 4.78 is 5.17. The molecule has 6 unspecified atom stereocenters. The number of benzene rings is 2. The summed E-state index contributed by atoms with van der Waals surface area (Å²) in [5.41, 5.74) is 0.302. The predicted octanol–water partition coefficient (Wildman–Crippen LogP) is 3.72. The zero-order chi connectivity index (χ0) is 31.2. The number of carboxylic acid groups (broad SMARTS) is 1. The largest absolute Gasteiger partial charge is 0.507 e. The smallest absolute Gasteiger partial charge is 0.339 e. The van der Waals surface area contributed by atoms with Crippen LogP contribution in [0.15, 0.2) is 48.0 Å². The molecule has 0 spiro atoms. The maximum absolute atomic E-state index is 14.0. The molecule has 6 rings (SSSR count). The summed E-state index contributed by atoms with van der Waals surface area (Å²) in [4.78, 5) is 64.3. The number of halogens is 3. The van der Waals surface area contributed by atoms with E-state index in [0.717, 1.165) is 21.9 Å². The van der Waals surface area contributed by atoms with Crippen LogP contribution >= 0.6 is 39.1 Å². The van der Waals surface area contributed by atoms with Crippen molar-refractivity contribution in [3.05, 3.63) is 59.2 Å². The molecule has 3 N–H and O–H groups in total. The molecule has 2 aromatic carbocycles. The molecule has 2 aliphatic heterocycles. The van der Waals surface area contributed by atoms with Crippen molar-refractivity contribution in [1.29, 1.82) is 0 Å². The van der Waals surface area contributed by atoms with Crippen molar-refractivity contribution >= 4 is 74.4 Å². The third-order valence-electron chi connectivity index (χ3n) is 9.02. The lowest BCUT2D eigenvalue weighted by atomic mass is 9.56. The Morgan fingerprint density at radius 1 is 1.02 bits per heavy atom. The summed E-state index contributed by atoms with van der Waals surface area (Å²) in [7, 11) is 1.37. The summed E-state index contributed by atoms with van der Waals surface area (Å²) >= 11 is 17.5. The molecule has 1 saturated carbocycles. The number of imide groups is 2. The third kappa shape index (κ3) is 3.82. The highest BCUT2D eigenvalue weighted by atomic mass is 79.9. The van der Waals surface area contributed by atoms with E-state index in [1.54, 1.807) is 12.1 Å². The van der Waals surface area contributed by atoms with Gasteiger partial charge in [0.15, 0.2) is 21.2 Å². The van der Waals surface area contributed by atoms with Crippen LogP contribution in [0.5, 0.6) is 17.2 Å². The number of likely N-dealkylation sites (tertiary alicyclic amines) is 1. The van der Waals surface area contributed by atoms with E-state index in [1.165, 1.54) is 25.3 Å². The van der Waals surface area contributed by atoms with E-state index in [4.69, 9.17) is 27.9 Å². The lowest BCUT2D eigenvalue weighted by Crippen LogP contribution is -2.60. The number of aromatic carboxylic acids is 1. The standard InChI is InChI=1S/C29H23BrCl2N2O9/c1-43-20-7-2-12(8-19(20)36)22-14-5-6-16-21(17(14)10-28(31)26(41)33(11-30)27(42)29(22,28)32)24(38)34(23(16)37)13-3-4-15(25(39)40)18(35)9-13/h2-5,7-9,16-17,21-22,35-36H,6,10-11H2,1H3,(H,39,40). The Balaban J connectivity index is 1.49. The number of phenols is 2. The van der Waals surface area contributed by atoms with Gasteiger partial charge >= 0.3 is 5.97 Å². The molecule has 2 saturated heterocycles. The molecule has 3 fully saturated rings. The lowest BCUT2D eigenvalue weighted by molar-refractivity contribution is -0.138. The number of carboxylic acids is 1. The molecule has 43 heavy (non-hydrogen) atoms. The topological polar surface area (TPSA) is 162 Å². The monoisotopic (exact) mass is 692 g/mol. The van der Waals surface area contributed by atoms with Crippen molar-refractivity contribution in [3.8, 4) is 17.2 Å². The molecule has 6 atom stereocenters. The number of phenolic OH excluding ortho intramolecular Hbond substituents is 1. The van der Waals surface area contributed by atoms with Gasteiger partial charge in [0.25, 0.3) is 11.8 Å². The SMILES string of the molecule is COc1ccc(C2C3=CCC4C(=O)N(c5ccc(C(=O)O)c(O)c5)C(=O)C4C3CC3(Cl)C(=O)N(CBr)C(=O)C23Cl)cc1O. The molecular formula is C29H23BrCl2N2O9. The number of carbonyl (C=O) groups is 5. The van der Waals surface area contributed by atoms with Crippen molar-refractivity contribution in [2.75, 3.05) is 17.5 Å². The van der Waals surface area contributed by atoms with Crippen molar-refractivity contribution in [1.82, 2.24) is 4.90 Å². The van der Waals surface area contributed by atoms with E-state index < -0.39 is 74.3 Å². The number of hydrogen-bond donors (Lipinski definition) is 3. The number of fused-ring (bicyclic) bond motifs is 4. The second-order valence-electron chi connectivity index (χ2n) is 10.9. The van der Waals surface area contributed by atoms with E-state index in [-0.39, 0.29) is 35.5 Å². The van der Waals surface area contributed by atoms with Gasteiger partial charge in [-0.15, -0.1) is 23.2 Å². The average molecular weight is 694 g/mol. The number of alkyl halides is 3. The van der Waals surface area contributed by atoms with Crippen molar-refractivity contribution < 1.29 is 44.0 Å². The minimum Gasteiger partial charge on any atom is -0.507 e. The van der Waals surface area contributed by atoms with Crippen LogP contribution in [0.2, 0.25) is 0 Å². The van der Waals surface area contributed by atoms with Gasteiger partial charge in [0.2, 0.25) is 11.8 Å². The van der Waals surface area contributed by atoms with Crippen LogP contribution in [0.3, 0.4) is 0 Å². The maximum atomic E-state index is 14.0. The van der Waals surface area contributed by atoms with Crippen molar-refractivity contribution in [3.63, 3.8) is 0 Å². The van der Waals surface area contributed by atoms with E-state index in [2.05, 4.69) is 15.9 Å². The van der Waals surface area contributed by atoms with Gasteiger partial charge in [-0.05, 0) is 48.6 Å². The van der Waals surface area contributed by atoms with Crippen LogP contribution < -0.4 is 9.64 Å². The second kappa shape index (κ2) is 9.96. The van der Waals surface area contributed by atoms with E-state index in [1.807, 2.05) is 0 Å². The number of anilines is 1. The Kier molecular flexibility index (Phi) is 6.83. The number of allylic oxidation sites excluding steroid dienone is 2. The number of rotatable bonds is 5. The van der Waals surface area contributed by atoms with Gasteiger partial charge in [0.05, 0.1) is 30.1 Å². The van der Waals surface area contributed by atoms with Gasteiger partial charge in [0.1, 0.15) is 11.3 Å². The fraction of sp³-hybridized carbons (Fsp3) is 0.345.